The van der Waals surface area contributed by atoms with Crippen LogP contribution in [-0.4, -0.2) is 55.4 Å². The van der Waals surface area contributed by atoms with Gasteiger partial charge in [-0.05, 0) is 48.8 Å². The van der Waals surface area contributed by atoms with Crippen LogP contribution in [0.25, 0.3) is 16.7 Å². The molecule has 1 N–H and O–H groups in total. The fraction of sp³-hybridized carbons (Fsp3) is 0.154. The minimum Gasteiger partial charge on any atom is -0.308 e. The van der Waals surface area contributed by atoms with E-state index >= 15 is 0 Å². The number of nitrogens with zero attached hydrogens (tertiary/aromatic N) is 5. The minimum atomic E-state index is -1.07. The lowest BCUT2D eigenvalue weighted by molar-refractivity contribution is -0.120. The van der Waals surface area contributed by atoms with Gasteiger partial charge in [-0.3, -0.25) is 19.3 Å². The number of thioether (sulfide) groups is 1. The van der Waals surface area contributed by atoms with E-state index in [2.05, 4.69) is 15.4 Å². The number of carbonyl (C=O) groups excluding carboxylic acids is 3. The Morgan fingerprint density at radius 3 is 2.44 bits per heavy atom. The van der Waals surface area contributed by atoms with Gasteiger partial charge >= 0.3 is 0 Å². The lowest BCUT2D eigenvalue weighted by Crippen LogP contribution is -2.47. The second kappa shape index (κ2) is 9.64. The average Bonchev–Trinajstić information content (AvgIpc) is 3.42. The van der Waals surface area contributed by atoms with Crippen molar-refractivity contribution in [2.24, 2.45) is 0 Å². The molecule has 3 amide bonds. The fourth-order valence-corrected chi connectivity index (χ4v) is 4.65. The predicted molar refractivity (Wildman–Crippen MR) is 136 cm³/mol. The van der Waals surface area contributed by atoms with Crippen molar-refractivity contribution in [2.45, 2.75) is 12.5 Å². The van der Waals surface area contributed by atoms with Crippen molar-refractivity contribution in [1.29, 1.82) is 5.26 Å². The zero-order valence-corrected chi connectivity index (χ0v) is 20.0. The predicted octanol–water partition coefficient (Wildman–Crippen LogP) is 3.65. The number of hydrogen-bond donors (Lipinski definition) is 1. The fourth-order valence-electron chi connectivity index (χ4n) is 4.20. The third kappa shape index (κ3) is 3.99. The molecule has 0 aliphatic carbocycles. The van der Waals surface area contributed by atoms with Crippen molar-refractivity contribution in [3.63, 3.8) is 0 Å². The van der Waals surface area contributed by atoms with E-state index in [1.54, 1.807) is 30.3 Å². The van der Waals surface area contributed by atoms with Gasteiger partial charge in [0.05, 0.1) is 22.8 Å². The van der Waals surface area contributed by atoms with Crippen LogP contribution in [-0.2, 0) is 4.79 Å². The number of nitrogens with one attached hydrogen (secondary N) is 1. The average molecular weight is 497 g/mol. The van der Waals surface area contributed by atoms with E-state index in [4.69, 9.17) is 0 Å². The van der Waals surface area contributed by atoms with Gasteiger partial charge in [0.15, 0.2) is 11.6 Å². The van der Waals surface area contributed by atoms with Gasteiger partial charge in [0.25, 0.3) is 11.8 Å². The third-order valence-electron chi connectivity index (χ3n) is 5.97. The van der Waals surface area contributed by atoms with Gasteiger partial charge in [-0.1, -0.05) is 30.3 Å². The van der Waals surface area contributed by atoms with Crippen molar-refractivity contribution in [1.82, 2.24) is 19.7 Å². The molecule has 3 heterocycles. The second-order valence-electron chi connectivity index (χ2n) is 8.11. The molecule has 1 aliphatic rings. The van der Waals surface area contributed by atoms with Gasteiger partial charge in [-0.15, -0.1) is 0 Å². The Labute approximate surface area is 210 Å². The summed E-state index contributed by atoms with van der Waals surface area (Å²) in [5.74, 6) is -0.535. The van der Waals surface area contributed by atoms with E-state index < -0.39 is 23.8 Å². The molecule has 0 saturated heterocycles. The number of hydrogen-bond acceptors (Lipinski definition) is 7. The van der Waals surface area contributed by atoms with Gasteiger partial charge in [0, 0.05) is 5.39 Å². The van der Waals surface area contributed by atoms with Crippen LogP contribution in [0.15, 0.2) is 66.9 Å². The van der Waals surface area contributed by atoms with Crippen LogP contribution in [0.4, 0.5) is 5.82 Å². The summed E-state index contributed by atoms with van der Waals surface area (Å²) in [5.41, 5.74) is 1.40. The highest BCUT2D eigenvalue weighted by molar-refractivity contribution is 7.98. The van der Waals surface area contributed by atoms with E-state index in [1.807, 2.05) is 42.7 Å². The van der Waals surface area contributed by atoms with Gasteiger partial charge < -0.3 is 5.32 Å². The first kappa shape index (κ1) is 23.3. The number of imide groups is 1. The molecule has 178 valence electrons. The number of amides is 3. The number of para-hydroxylation sites is 1. The van der Waals surface area contributed by atoms with Crippen LogP contribution < -0.4 is 5.32 Å². The summed E-state index contributed by atoms with van der Waals surface area (Å²) < 4.78 is 1.37. The number of pyridine rings is 1. The highest BCUT2D eigenvalue weighted by Gasteiger charge is 2.42. The summed E-state index contributed by atoms with van der Waals surface area (Å²) >= 11 is 1.50. The number of anilines is 1. The van der Waals surface area contributed by atoms with Crippen molar-refractivity contribution in [3.8, 4) is 11.9 Å². The smallest absolute Gasteiger partial charge is 0.262 e. The number of carbonyl (C=O) groups is 3. The second-order valence-corrected chi connectivity index (χ2v) is 9.09. The van der Waals surface area contributed by atoms with Gasteiger partial charge in [-0.2, -0.15) is 26.8 Å². The SMILES string of the molecule is CSCCC(C(=O)Nc1c(C#N)cnn1-c1ccc2ccccc2n1)N1C(=O)c2ccccc2C1=O. The first-order valence-corrected chi connectivity index (χ1v) is 12.5. The molecule has 36 heavy (non-hydrogen) atoms. The van der Waals surface area contributed by atoms with E-state index in [0.29, 0.717) is 11.6 Å². The standard InChI is InChI=1S/C26H20N6O3S/c1-36-13-12-21(31-25(34)18-7-3-4-8-19(18)26(31)35)24(33)30-23-17(14-27)15-28-32(23)22-11-10-16-6-2-5-9-20(16)29-22/h2-11,15,21H,12-13H2,1H3,(H,30,33). The Balaban J connectivity index is 1.50. The van der Waals surface area contributed by atoms with Crippen LogP contribution in [0.3, 0.4) is 0 Å². The third-order valence-corrected chi connectivity index (χ3v) is 6.61. The molecule has 10 heteroatoms. The molecule has 2 aromatic carbocycles. The normalized spacial score (nSPS) is 13.5. The van der Waals surface area contributed by atoms with Crippen molar-refractivity contribution >= 4 is 46.2 Å². The molecule has 4 aromatic rings. The topological polar surface area (TPSA) is 121 Å². The first-order chi connectivity index (χ1) is 17.5. The number of aromatic nitrogens is 3. The monoisotopic (exact) mass is 496 g/mol. The summed E-state index contributed by atoms with van der Waals surface area (Å²) in [6, 6.07) is 18.6. The van der Waals surface area contributed by atoms with Crippen LogP contribution in [0.1, 0.15) is 32.7 Å². The zero-order valence-electron chi connectivity index (χ0n) is 19.2. The maximum Gasteiger partial charge on any atom is 0.262 e. The van der Waals surface area contributed by atoms with E-state index in [0.717, 1.165) is 15.8 Å². The summed E-state index contributed by atoms with van der Waals surface area (Å²) in [7, 11) is 0. The van der Waals surface area contributed by atoms with E-state index in [1.165, 1.54) is 22.6 Å². The number of nitriles is 1. The quantitative estimate of drug-likeness (QED) is 0.388. The molecule has 0 saturated carbocycles. The molecule has 5 rings (SSSR count). The Hall–Kier alpha value is -4.49. The molecule has 1 aliphatic heterocycles. The number of fused-ring (bicyclic) bond motifs is 2. The molecule has 9 nitrogen and oxygen atoms in total. The highest BCUT2D eigenvalue weighted by atomic mass is 32.2. The van der Waals surface area contributed by atoms with Crippen LogP contribution in [0, 0.1) is 11.3 Å². The van der Waals surface area contributed by atoms with Crippen LogP contribution >= 0.6 is 11.8 Å². The highest BCUT2D eigenvalue weighted by Crippen LogP contribution is 2.28. The molecule has 0 bridgehead atoms. The van der Waals surface area contributed by atoms with E-state index in [-0.39, 0.29) is 28.9 Å². The van der Waals surface area contributed by atoms with Gasteiger partial charge in [0.2, 0.25) is 5.91 Å². The lowest BCUT2D eigenvalue weighted by Gasteiger charge is -2.25. The minimum absolute atomic E-state index is 0.121. The summed E-state index contributed by atoms with van der Waals surface area (Å²) in [6.45, 7) is 0. The summed E-state index contributed by atoms with van der Waals surface area (Å²) in [4.78, 5) is 45.4. The van der Waals surface area contributed by atoms with Crippen LogP contribution in [0.5, 0.6) is 0 Å². The molecule has 1 atom stereocenters. The maximum atomic E-state index is 13.6. The molecule has 0 spiro atoms. The summed E-state index contributed by atoms with van der Waals surface area (Å²) in [5, 5.41) is 17.6. The van der Waals surface area contributed by atoms with E-state index in [9.17, 15) is 19.6 Å². The summed E-state index contributed by atoms with van der Waals surface area (Å²) in [6.07, 6.45) is 3.47. The number of benzene rings is 2. The zero-order chi connectivity index (χ0) is 25.2. The number of rotatable bonds is 7. The first-order valence-electron chi connectivity index (χ1n) is 11.1. The Kier molecular flexibility index (Phi) is 6.23. The Morgan fingerprint density at radius 1 is 1.06 bits per heavy atom. The molecule has 1 unspecified atom stereocenters. The van der Waals surface area contributed by atoms with Crippen molar-refractivity contribution in [3.05, 3.63) is 83.6 Å². The van der Waals surface area contributed by atoms with Gasteiger partial charge in [-0.25, -0.2) is 4.98 Å². The molecule has 2 aromatic heterocycles. The largest absolute Gasteiger partial charge is 0.308 e. The maximum absolute atomic E-state index is 13.6. The van der Waals surface area contributed by atoms with Crippen molar-refractivity contribution < 1.29 is 14.4 Å². The molecule has 0 fully saturated rings. The lowest BCUT2D eigenvalue weighted by atomic mass is 10.1. The van der Waals surface area contributed by atoms with Crippen molar-refractivity contribution in [2.75, 3.05) is 17.3 Å². The Morgan fingerprint density at radius 2 is 1.75 bits per heavy atom. The van der Waals surface area contributed by atoms with Gasteiger partial charge in [0.1, 0.15) is 17.7 Å². The molecular weight excluding hydrogens is 476 g/mol. The molecule has 0 radical (unpaired) electrons. The van der Waals surface area contributed by atoms with Crippen LogP contribution in [0.2, 0.25) is 0 Å². The Bertz CT molecular complexity index is 1520. The molecular formula is C26H20N6O3S.